The fraction of sp³-hybridized carbons (Fsp3) is 0.318. The van der Waals surface area contributed by atoms with Crippen molar-refractivity contribution in [1.82, 2.24) is 14.8 Å². The molecule has 30 heavy (non-hydrogen) atoms. The van der Waals surface area contributed by atoms with Gasteiger partial charge in [0.25, 0.3) is 11.8 Å². The third-order valence-electron chi connectivity index (χ3n) is 6.11. The van der Waals surface area contributed by atoms with Gasteiger partial charge in [0.1, 0.15) is 11.4 Å². The predicted molar refractivity (Wildman–Crippen MR) is 110 cm³/mol. The van der Waals surface area contributed by atoms with Crippen molar-refractivity contribution >= 4 is 34.9 Å². The number of aromatic nitrogens is 1. The van der Waals surface area contributed by atoms with Crippen LogP contribution in [0.3, 0.4) is 0 Å². The van der Waals surface area contributed by atoms with Gasteiger partial charge in [-0.25, -0.2) is 0 Å². The molecule has 0 N–H and O–H groups in total. The summed E-state index contributed by atoms with van der Waals surface area (Å²) in [4.78, 5) is 50.6. The number of ketones is 1. The summed E-state index contributed by atoms with van der Waals surface area (Å²) >= 11 is 6.11. The van der Waals surface area contributed by atoms with Gasteiger partial charge in [-0.05, 0) is 29.8 Å². The lowest BCUT2D eigenvalue weighted by molar-refractivity contribution is -0.132. The minimum Gasteiger partial charge on any atom is -0.309 e. The molecule has 0 radical (unpaired) electrons. The molecule has 5 rings (SSSR count). The monoisotopic (exact) mass is 422 g/mol. The molecule has 2 aromatic rings. The molecule has 3 aliphatic rings. The molecule has 0 spiro atoms. The Labute approximate surface area is 178 Å². The predicted octanol–water partition coefficient (Wildman–Crippen LogP) is 2.23. The van der Waals surface area contributed by atoms with Gasteiger partial charge in [0.05, 0.1) is 17.8 Å². The van der Waals surface area contributed by atoms with Crippen molar-refractivity contribution < 1.29 is 14.4 Å². The lowest BCUT2D eigenvalue weighted by Gasteiger charge is -2.47. The number of hydrogen-bond donors (Lipinski definition) is 0. The molecule has 7 nitrogen and oxygen atoms in total. The molecular formula is C22H19ClN4O3. The molecule has 4 heterocycles. The second-order valence-electron chi connectivity index (χ2n) is 7.71. The number of benzene rings is 1. The van der Waals surface area contributed by atoms with Gasteiger partial charge in [0.2, 0.25) is 0 Å². The van der Waals surface area contributed by atoms with Crippen LogP contribution in [0.4, 0.5) is 0 Å². The molecule has 0 saturated carbocycles. The molecular weight excluding hydrogens is 404 g/mol. The van der Waals surface area contributed by atoms with Crippen molar-refractivity contribution in [1.29, 1.82) is 0 Å². The average molecular weight is 423 g/mol. The first kappa shape index (κ1) is 18.9. The van der Waals surface area contributed by atoms with Gasteiger partial charge >= 0.3 is 0 Å². The van der Waals surface area contributed by atoms with Gasteiger partial charge in [-0.1, -0.05) is 23.7 Å². The molecule has 3 aliphatic heterocycles. The third kappa shape index (κ3) is 2.76. The van der Waals surface area contributed by atoms with Crippen molar-refractivity contribution in [2.75, 3.05) is 19.6 Å². The molecule has 1 aromatic carbocycles. The standard InChI is InChI=1S/C22H19ClN4O3/c23-15-5-3-14(4-6-15)22-12-19-17(2-1-9-24-19)20(29)26(22)10-11-27(22)21(30)18-8-7-16(28)13-25-18/h1-6,9H,7-8,10-13H2. The summed E-state index contributed by atoms with van der Waals surface area (Å²) in [5.41, 5.74) is 1.43. The molecule has 1 fully saturated rings. The number of carbonyl (C=O) groups excluding carboxylic acids is 3. The number of hydrogen-bond acceptors (Lipinski definition) is 5. The Balaban J connectivity index is 1.65. The first-order valence-electron chi connectivity index (χ1n) is 9.89. The zero-order valence-corrected chi connectivity index (χ0v) is 16.9. The average Bonchev–Trinajstić information content (AvgIpc) is 3.15. The number of halogens is 1. The van der Waals surface area contributed by atoms with Crippen molar-refractivity contribution in [3.05, 3.63) is 64.4 Å². The number of pyridine rings is 1. The molecule has 1 aromatic heterocycles. The van der Waals surface area contributed by atoms with Crippen LogP contribution >= 0.6 is 11.6 Å². The molecule has 8 heteroatoms. The molecule has 1 atom stereocenters. The first-order chi connectivity index (χ1) is 14.5. The summed E-state index contributed by atoms with van der Waals surface area (Å²) in [5, 5.41) is 0.577. The number of Topliss-reactive ketones (excluding diaryl/α,β-unsaturated/α-hetero) is 1. The van der Waals surface area contributed by atoms with Crippen LogP contribution < -0.4 is 0 Å². The normalized spacial score (nSPS) is 23.2. The molecule has 1 unspecified atom stereocenters. The van der Waals surface area contributed by atoms with Gasteiger partial charge in [-0.2, -0.15) is 0 Å². The molecule has 0 aliphatic carbocycles. The summed E-state index contributed by atoms with van der Waals surface area (Å²) < 4.78 is 0. The summed E-state index contributed by atoms with van der Waals surface area (Å²) in [7, 11) is 0. The van der Waals surface area contributed by atoms with E-state index in [1.165, 1.54) is 0 Å². The fourth-order valence-electron chi connectivity index (χ4n) is 4.66. The number of carbonyl (C=O) groups is 3. The number of amides is 2. The summed E-state index contributed by atoms with van der Waals surface area (Å²) in [6, 6.07) is 10.8. The van der Waals surface area contributed by atoms with E-state index < -0.39 is 5.66 Å². The van der Waals surface area contributed by atoms with Crippen LogP contribution in [0.25, 0.3) is 0 Å². The van der Waals surface area contributed by atoms with Crippen molar-refractivity contribution in [2.45, 2.75) is 24.9 Å². The van der Waals surface area contributed by atoms with Crippen molar-refractivity contribution in [3.8, 4) is 0 Å². The first-order valence-corrected chi connectivity index (χ1v) is 10.3. The van der Waals surface area contributed by atoms with Gasteiger partial charge in [-0.15, -0.1) is 0 Å². The van der Waals surface area contributed by atoms with E-state index in [0.717, 1.165) is 5.56 Å². The van der Waals surface area contributed by atoms with E-state index in [4.69, 9.17) is 11.6 Å². The molecule has 0 bridgehead atoms. The second-order valence-corrected chi connectivity index (χ2v) is 8.15. The van der Waals surface area contributed by atoms with Crippen LogP contribution in [0.15, 0.2) is 47.6 Å². The van der Waals surface area contributed by atoms with Crippen molar-refractivity contribution in [2.24, 2.45) is 4.99 Å². The Hall–Kier alpha value is -3.06. The fourth-order valence-corrected chi connectivity index (χ4v) is 4.78. The Kier molecular flexibility index (Phi) is 4.43. The van der Waals surface area contributed by atoms with Gasteiger partial charge in [-0.3, -0.25) is 24.4 Å². The molecule has 2 amide bonds. The van der Waals surface area contributed by atoms with Gasteiger partial charge in [0, 0.05) is 43.6 Å². The zero-order chi connectivity index (χ0) is 20.9. The minimum atomic E-state index is -0.996. The van der Waals surface area contributed by atoms with E-state index in [2.05, 4.69) is 9.98 Å². The van der Waals surface area contributed by atoms with E-state index in [-0.39, 0.29) is 24.1 Å². The largest absolute Gasteiger partial charge is 0.309 e. The quantitative estimate of drug-likeness (QED) is 0.743. The van der Waals surface area contributed by atoms with E-state index in [1.54, 1.807) is 40.3 Å². The third-order valence-corrected chi connectivity index (χ3v) is 6.36. The van der Waals surface area contributed by atoms with Crippen LogP contribution in [0.1, 0.15) is 34.5 Å². The summed E-state index contributed by atoms with van der Waals surface area (Å²) in [5.74, 6) is -0.338. The Morgan fingerprint density at radius 3 is 2.60 bits per heavy atom. The van der Waals surface area contributed by atoms with Gasteiger partial charge < -0.3 is 9.80 Å². The van der Waals surface area contributed by atoms with E-state index in [1.807, 2.05) is 12.1 Å². The molecule has 1 saturated heterocycles. The minimum absolute atomic E-state index is 0.0352. The number of fused-ring (bicyclic) bond motifs is 2. The Morgan fingerprint density at radius 2 is 1.87 bits per heavy atom. The smallest absolute Gasteiger partial charge is 0.269 e. The Morgan fingerprint density at radius 1 is 1.07 bits per heavy atom. The number of rotatable bonds is 2. The lowest BCUT2D eigenvalue weighted by atomic mass is 9.86. The van der Waals surface area contributed by atoms with Crippen LogP contribution in [-0.4, -0.2) is 57.7 Å². The lowest BCUT2D eigenvalue weighted by Crippen LogP contribution is -2.59. The highest BCUT2D eigenvalue weighted by molar-refractivity contribution is 6.40. The summed E-state index contributed by atoms with van der Waals surface area (Å²) in [6.45, 7) is 0.831. The number of aliphatic imine (C=N–C) groups is 1. The Bertz CT molecular complexity index is 1100. The topological polar surface area (TPSA) is 82.9 Å². The van der Waals surface area contributed by atoms with Crippen molar-refractivity contribution in [3.63, 3.8) is 0 Å². The van der Waals surface area contributed by atoms with E-state index >= 15 is 0 Å². The van der Waals surface area contributed by atoms with Crippen LogP contribution in [-0.2, 0) is 21.7 Å². The maximum atomic E-state index is 13.5. The highest BCUT2D eigenvalue weighted by atomic mass is 35.5. The summed E-state index contributed by atoms with van der Waals surface area (Å²) in [6.07, 6.45) is 2.69. The number of nitrogens with zero attached hydrogens (tertiary/aromatic N) is 4. The second kappa shape index (κ2) is 7.02. The van der Waals surface area contributed by atoms with Crippen LogP contribution in [0.5, 0.6) is 0 Å². The van der Waals surface area contributed by atoms with Crippen LogP contribution in [0, 0.1) is 0 Å². The van der Waals surface area contributed by atoms with E-state index in [9.17, 15) is 14.4 Å². The SMILES string of the molecule is O=C1CCC(C(=O)N2CCN3C(=O)c4cccnc4CC23c2ccc(Cl)cc2)=NC1. The van der Waals surface area contributed by atoms with E-state index in [0.29, 0.717) is 54.3 Å². The molecule has 152 valence electrons. The highest BCUT2D eigenvalue weighted by Crippen LogP contribution is 2.44. The van der Waals surface area contributed by atoms with Gasteiger partial charge in [0.15, 0.2) is 5.78 Å². The maximum Gasteiger partial charge on any atom is 0.269 e. The zero-order valence-electron chi connectivity index (χ0n) is 16.2. The van der Waals surface area contributed by atoms with Crippen LogP contribution in [0.2, 0.25) is 5.02 Å². The highest BCUT2D eigenvalue weighted by Gasteiger charge is 2.56. The maximum absolute atomic E-state index is 13.5.